The van der Waals surface area contributed by atoms with Crippen LogP contribution in [0.5, 0.6) is 5.75 Å². The van der Waals surface area contributed by atoms with Gasteiger partial charge in [-0.2, -0.15) is 0 Å². The number of aromatic hydroxyl groups is 1. The van der Waals surface area contributed by atoms with E-state index in [2.05, 4.69) is 0 Å². The lowest BCUT2D eigenvalue weighted by Crippen LogP contribution is -2.03. The number of halogens is 5. The summed E-state index contributed by atoms with van der Waals surface area (Å²) in [6.45, 7) is 1.84. The van der Waals surface area contributed by atoms with Crippen LogP contribution in [0.25, 0.3) is 11.1 Å². The van der Waals surface area contributed by atoms with Gasteiger partial charge in [-0.15, -0.1) is 0 Å². The summed E-state index contributed by atoms with van der Waals surface area (Å²) in [6.07, 6.45) is -0.332. The van der Waals surface area contributed by atoms with Crippen LogP contribution in [-0.2, 0) is 12.8 Å². The van der Waals surface area contributed by atoms with Crippen molar-refractivity contribution in [2.24, 2.45) is 0 Å². The van der Waals surface area contributed by atoms with Crippen LogP contribution in [0.3, 0.4) is 0 Å². The van der Waals surface area contributed by atoms with Crippen molar-refractivity contribution in [2.75, 3.05) is 0 Å². The van der Waals surface area contributed by atoms with Crippen LogP contribution in [-0.4, -0.2) is 5.11 Å². The second kappa shape index (κ2) is 7.39. The molecule has 0 fully saturated rings. The first-order chi connectivity index (χ1) is 12.8. The van der Waals surface area contributed by atoms with Gasteiger partial charge in [-0.3, -0.25) is 0 Å². The Kier molecular flexibility index (Phi) is 5.17. The molecule has 0 aliphatic carbocycles. The van der Waals surface area contributed by atoms with E-state index in [9.17, 15) is 27.1 Å². The van der Waals surface area contributed by atoms with Gasteiger partial charge >= 0.3 is 0 Å². The van der Waals surface area contributed by atoms with E-state index in [4.69, 9.17) is 0 Å². The number of aryl methyl sites for hydroxylation is 2. The molecule has 140 valence electrons. The van der Waals surface area contributed by atoms with E-state index in [1.54, 1.807) is 24.3 Å². The Labute approximate surface area is 152 Å². The zero-order valence-electron chi connectivity index (χ0n) is 14.3. The summed E-state index contributed by atoms with van der Waals surface area (Å²) in [5.41, 5.74) is 0.892. The van der Waals surface area contributed by atoms with Gasteiger partial charge in [0, 0.05) is 11.6 Å². The summed E-state index contributed by atoms with van der Waals surface area (Å²) in [4.78, 5) is 0. The second-order valence-electron chi connectivity index (χ2n) is 6.28. The van der Waals surface area contributed by atoms with E-state index in [0.29, 0.717) is 5.56 Å². The van der Waals surface area contributed by atoms with E-state index in [0.717, 1.165) is 23.8 Å². The van der Waals surface area contributed by atoms with Gasteiger partial charge in [-0.1, -0.05) is 29.8 Å². The maximum atomic E-state index is 14.9. The molecule has 0 aliphatic heterocycles. The average molecular weight is 378 g/mol. The quantitative estimate of drug-likeness (QED) is 0.446. The van der Waals surface area contributed by atoms with Gasteiger partial charge in [0.05, 0.1) is 5.56 Å². The van der Waals surface area contributed by atoms with Crippen LogP contribution in [0.4, 0.5) is 22.0 Å². The molecule has 6 heteroatoms. The van der Waals surface area contributed by atoms with Gasteiger partial charge in [0.1, 0.15) is 17.4 Å². The molecular formula is C21H15F5O. The van der Waals surface area contributed by atoms with E-state index >= 15 is 0 Å². The van der Waals surface area contributed by atoms with E-state index in [1.807, 2.05) is 6.92 Å². The number of phenolic OH excluding ortho intramolecular Hbond substituents is 1. The van der Waals surface area contributed by atoms with Crippen molar-refractivity contribution in [3.05, 3.63) is 88.2 Å². The maximum Gasteiger partial charge on any atom is 0.194 e. The van der Waals surface area contributed by atoms with Crippen LogP contribution >= 0.6 is 0 Å². The molecule has 0 saturated heterocycles. The molecule has 0 heterocycles. The van der Waals surface area contributed by atoms with Gasteiger partial charge in [0.15, 0.2) is 17.5 Å². The summed E-state index contributed by atoms with van der Waals surface area (Å²) in [6, 6.07) is 9.02. The number of phenols is 1. The molecule has 3 rings (SSSR count). The van der Waals surface area contributed by atoms with E-state index in [1.165, 1.54) is 0 Å². The topological polar surface area (TPSA) is 20.2 Å². The van der Waals surface area contributed by atoms with Gasteiger partial charge in [0.2, 0.25) is 0 Å². The fourth-order valence-corrected chi connectivity index (χ4v) is 2.89. The molecule has 0 aliphatic rings. The number of hydrogen-bond donors (Lipinski definition) is 1. The lowest BCUT2D eigenvalue weighted by molar-refractivity contribution is 0.445. The monoisotopic (exact) mass is 378 g/mol. The molecule has 0 atom stereocenters. The Balaban J connectivity index is 1.96. The van der Waals surface area contributed by atoms with Crippen molar-refractivity contribution >= 4 is 0 Å². The molecular weight excluding hydrogens is 363 g/mol. The Hall–Kier alpha value is -2.89. The van der Waals surface area contributed by atoms with Crippen molar-refractivity contribution < 1.29 is 27.1 Å². The molecule has 0 amide bonds. The van der Waals surface area contributed by atoms with Crippen molar-refractivity contribution in [1.29, 1.82) is 0 Å². The standard InChI is InChI=1S/C21H15F5O/c1-11-2-5-13(6-3-11)19-18(27)10-15(22)14(20(19)25)7-4-12-8-16(23)21(26)17(24)9-12/h2-3,5-6,8-10,27H,4,7H2,1H3. The first kappa shape index (κ1) is 18.9. The van der Waals surface area contributed by atoms with Gasteiger partial charge < -0.3 is 5.11 Å². The summed E-state index contributed by atoms with van der Waals surface area (Å²) in [5.74, 6) is -6.78. The predicted molar refractivity (Wildman–Crippen MR) is 91.9 cm³/mol. The summed E-state index contributed by atoms with van der Waals surface area (Å²) in [7, 11) is 0. The largest absolute Gasteiger partial charge is 0.507 e. The molecule has 1 nitrogen and oxygen atoms in total. The lowest BCUT2D eigenvalue weighted by Gasteiger charge is -2.13. The second-order valence-corrected chi connectivity index (χ2v) is 6.28. The summed E-state index contributed by atoms with van der Waals surface area (Å²) in [5, 5.41) is 9.99. The van der Waals surface area contributed by atoms with Gasteiger partial charge in [0.25, 0.3) is 0 Å². The minimum atomic E-state index is -1.59. The normalized spacial score (nSPS) is 11.0. The Bertz CT molecular complexity index is 973. The highest BCUT2D eigenvalue weighted by Gasteiger charge is 2.20. The maximum absolute atomic E-state index is 14.9. The highest BCUT2D eigenvalue weighted by molar-refractivity contribution is 5.72. The molecule has 1 N–H and O–H groups in total. The number of benzene rings is 3. The predicted octanol–water partition coefficient (Wildman–Crippen LogP) is 5.85. The molecule has 0 bridgehead atoms. The Morgan fingerprint density at radius 3 is 1.93 bits per heavy atom. The molecule has 0 radical (unpaired) electrons. The van der Waals surface area contributed by atoms with Crippen molar-refractivity contribution in [1.82, 2.24) is 0 Å². The van der Waals surface area contributed by atoms with Gasteiger partial charge in [-0.05, 0) is 43.0 Å². The van der Waals surface area contributed by atoms with Crippen LogP contribution in [0, 0.1) is 36.0 Å². The SMILES string of the molecule is Cc1ccc(-c2c(O)cc(F)c(CCc3cc(F)c(F)c(F)c3)c2F)cc1. The molecule has 0 spiro atoms. The van der Waals surface area contributed by atoms with Gasteiger partial charge in [-0.25, -0.2) is 22.0 Å². The number of hydrogen-bond acceptors (Lipinski definition) is 1. The van der Waals surface area contributed by atoms with Crippen LogP contribution in [0.1, 0.15) is 16.7 Å². The van der Waals surface area contributed by atoms with Crippen LogP contribution in [0.15, 0.2) is 42.5 Å². The summed E-state index contributed by atoms with van der Waals surface area (Å²) >= 11 is 0. The van der Waals surface area contributed by atoms with Crippen LogP contribution in [0.2, 0.25) is 0 Å². The minimum absolute atomic E-state index is 0.0650. The van der Waals surface area contributed by atoms with Crippen molar-refractivity contribution in [3.63, 3.8) is 0 Å². The molecule has 3 aromatic carbocycles. The highest BCUT2D eigenvalue weighted by atomic mass is 19.2. The molecule has 27 heavy (non-hydrogen) atoms. The third-order valence-corrected chi connectivity index (χ3v) is 4.34. The van der Waals surface area contributed by atoms with Crippen molar-refractivity contribution in [2.45, 2.75) is 19.8 Å². The number of rotatable bonds is 4. The fourth-order valence-electron chi connectivity index (χ4n) is 2.89. The van der Waals surface area contributed by atoms with E-state index < -0.39 is 34.8 Å². The van der Waals surface area contributed by atoms with Crippen LogP contribution < -0.4 is 0 Å². The average Bonchev–Trinajstić information content (AvgIpc) is 2.60. The zero-order valence-corrected chi connectivity index (χ0v) is 14.3. The molecule has 3 aromatic rings. The zero-order chi connectivity index (χ0) is 19.7. The summed E-state index contributed by atoms with van der Waals surface area (Å²) < 4.78 is 68.7. The minimum Gasteiger partial charge on any atom is -0.507 e. The highest BCUT2D eigenvalue weighted by Crippen LogP contribution is 2.35. The third-order valence-electron chi connectivity index (χ3n) is 4.34. The Morgan fingerprint density at radius 1 is 0.741 bits per heavy atom. The molecule has 0 unspecified atom stereocenters. The Morgan fingerprint density at radius 2 is 1.33 bits per heavy atom. The smallest absolute Gasteiger partial charge is 0.194 e. The van der Waals surface area contributed by atoms with Crippen molar-refractivity contribution in [3.8, 4) is 16.9 Å². The van der Waals surface area contributed by atoms with E-state index in [-0.39, 0.29) is 29.5 Å². The first-order valence-electron chi connectivity index (χ1n) is 8.18. The third kappa shape index (κ3) is 3.79. The first-order valence-corrected chi connectivity index (χ1v) is 8.18. The molecule has 0 saturated carbocycles. The molecule has 0 aromatic heterocycles. The fraction of sp³-hybridized carbons (Fsp3) is 0.143. The lowest BCUT2D eigenvalue weighted by atomic mass is 9.96.